The van der Waals surface area contributed by atoms with Gasteiger partial charge in [0.15, 0.2) is 0 Å². The zero-order valence-corrected chi connectivity index (χ0v) is 15.3. The van der Waals surface area contributed by atoms with E-state index in [1.807, 2.05) is 42.2 Å². The van der Waals surface area contributed by atoms with E-state index in [4.69, 9.17) is 4.74 Å². The molecule has 134 valence electrons. The highest BCUT2D eigenvalue weighted by Gasteiger charge is 2.26. The van der Waals surface area contributed by atoms with Gasteiger partial charge in [-0.1, -0.05) is 18.2 Å². The SMILES string of the molecule is COc1ccc2[nH]cc(C3CCN(C(=O)c4ccccc4C)CC3)c2c1. The number of likely N-dealkylation sites (tertiary alicyclic amines) is 1. The van der Waals surface area contributed by atoms with E-state index in [2.05, 4.69) is 23.3 Å². The van der Waals surface area contributed by atoms with Gasteiger partial charge in [-0.15, -0.1) is 0 Å². The number of aryl methyl sites for hydroxylation is 1. The third kappa shape index (κ3) is 2.96. The zero-order valence-electron chi connectivity index (χ0n) is 15.3. The smallest absolute Gasteiger partial charge is 0.254 e. The molecule has 0 spiro atoms. The zero-order chi connectivity index (χ0) is 18.1. The van der Waals surface area contributed by atoms with Crippen molar-refractivity contribution in [2.75, 3.05) is 20.2 Å². The summed E-state index contributed by atoms with van der Waals surface area (Å²) in [4.78, 5) is 18.2. The topological polar surface area (TPSA) is 45.3 Å². The second kappa shape index (κ2) is 6.87. The highest BCUT2D eigenvalue weighted by molar-refractivity contribution is 5.95. The first-order chi connectivity index (χ1) is 12.7. The van der Waals surface area contributed by atoms with E-state index in [9.17, 15) is 4.79 Å². The van der Waals surface area contributed by atoms with Gasteiger partial charge in [-0.2, -0.15) is 0 Å². The number of amides is 1. The number of ether oxygens (including phenoxy) is 1. The summed E-state index contributed by atoms with van der Waals surface area (Å²) in [6.45, 7) is 3.60. The first-order valence-electron chi connectivity index (χ1n) is 9.17. The maximum atomic E-state index is 12.8. The minimum atomic E-state index is 0.155. The molecule has 4 heteroatoms. The van der Waals surface area contributed by atoms with Gasteiger partial charge in [0, 0.05) is 35.8 Å². The van der Waals surface area contributed by atoms with Crippen LogP contribution in [0, 0.1) is 6.92 Å². The fourth-order valence-electron chi connectivity index (χ4n) is 3.96. The standard InChI is InChI=1S/C22H24N2O2/c1-15-5-3-4-6-18(15)22(25)24-11-9-16(10-12-24)20-14-23-21-8-7-17(26-2)13-19(20)21/h3-8,13-14,16,23H,9-12H2,1-2H3. The summed E-state index contributed by atoms with van der Waals surface area (Å²) in [7, 11) is 1.70. The Bertz CT molecular complexity index is 936. The molecule has 1 saturated heterocycles. The molecule has 0 saturated carbocycles. The van der Waals surface area contributed by atoms with Crippen molar-refractivity contribution in [3.63, 3.8) is 0 Å². The lowest BCUT2D eigenvalue weighted by atomic mass is 9.89. The summed E-state index contributed by atoms with van der Waals surface area (Å²) < 4.78 is 5.38. The molecule has 1 N–H and O–H groups in total. The molecule has 1 aromatic heterocycles. The van der Waals surface area contributed by atoms with Crippen molar-refractivity contribution in [1.82, 2.24) is 9.88 Å². The molecule has 0 aliphatic carbocycles. The molecule has 4 rings (SSSR count). The lowest BCUT2D eigenvalue weighted by Crippen LogP contribution is -2.38. The molecule has 26 heavy (non-hydrogen) atoms. The number of aromatic nitrogens is 1. The van der Waals surface area contributed by atoms with E-state index in [1.54, 1.807) is 7.11 Å². The Morgan fingerprint density at radius 2 is 1.92 bits per heavy atom. The second-order valence-corrected chi connectivity index (χ2v) is 7.04. The van der Waals surface area contributed by atoms with E-state index in [0.717, 1.165) is 48.3 Å². The third-order valence-electron chi connectivity index (χ3n) is 5.52. The van der Waals surface area contributed by atoms with Crippen LogP contribution in [0.25, 0.3) is 10.9 Å². The number of methoxy groups -OCH3 is 1. The quantitative estimate of drug-likeness (QED) is 0.757. The van der Waals surface area contributed by atoms with Crippen LogP contribution in [0.15, 0.2) is 48.7 Å². The van der Waals surface area contributed by atoms with Crippen LogP contribution in [0.3, 0.4) is 0 Å². The molecule has 1 amide bonds. The number of rotatable bonds is 3. The van der Waals surface area contributed by atoms with Gasteiger partial charge in [0.05, 0.1) is 7.11 Å². The van der Waals surface area contributed by atoms with Crippen LogP contribution in [0.2, 0.25) is 0 Å². The molecule has 0 radical (unpaired) electrons. The van der Waals surface area contributed by atoms with Gasteiger partial charge in [-0.25, -0.2) is 0 Å². The summed E-state index contributed by atoms with van der Waals surface area (Å²) in [5, 5.41) is 1.23. The molecule has 0 unspecified atom stereocenters. The lowest BCUT2D eigenvalue weighted by Gasteiger charge is -2.32. The number of fused-ring (bicyclic) bond motifs is 1. The third-order valence-corrected chi connectivity index (χ3v) is 5.52. The van der Waals surface area contributed by atoms with E-state index in [0.29, 0.717) is 5.92 Å². The Balaban J connectivity index is 1.50. The van der Waals surface area contributed by atoms with Gasteiger partial charge < -0.3 is 14.6 Å². The number of piperidine rings is 1. The van der Waals surface area contributed by atoms with E-state index >= 15 is 0 Å². The average Bonchev–Trinajstić information content (AvgIpc) is 3.11. The van der Waals surface area contributed by atoms with Gasteiger partial charge in [0.1, 0.15) is 5.75 Å². The Hall–Kier alpha value is -2.75. The van der Waals surface area contributed by atoms with Gasteiger partial charge in [0.25, 0.3) is 5.91 Å². The normalized spacial score (nSPS) is 15.4. The fourth-order valence-corrected chi connectivity index (χ4v) is 3.96. The molecule has 1 aliphatic heterocycles. The van der Waals surface area contributed by atoms with Crippen molar-refractivity contribution in [3.05, 3.63) is 65.4 Å². The first-order valence-corrected chi connectivity index (χ1v) is 9.17. The molecule has 4 nitrogen and oxygen atoms in total. The number of hydrogen-bond acceptors (Lipinski definition) is 2. The number of benzene rings is 2. The number of H-pyrrole nitrogens is 1. The number of carbonyl (C=O) groups excluding carboxylic acids is 1. The first kappa shape index (κ1) is 16.7. The molecular formula is C22H24N2O2. The van der Waals surface area contributed by atoms with Gasteiger partial charge in [-0.3, -0.25) is 4.79 Å². The number of carbonyl (C=O) groups is 1. The number of nitrogens with zero attached hydrogens (tertiary/aromatic N) is 1. The summed E-state index contributed by atoms with van der Waals surface area (Å²) in [5.41, 5.74) is 4.34. The van der Waals surface area contributed by atoms with E-state index < -0.39 is 0 Å². The number of nitrogens with one attached hydrogen (secondary N) is 1. The van der Waals surface area contributed by atoms with Crippen molar-refractivity contribution in [2.24, 2.45) is 0 Å². The second-order valence-electron chi connectivity index (χ2n) is 7.04. The predicted octanol–water partition coefficient (Wildman–Crippen LogP) is 4.50. The van der Waals surface area contributed by atoms with Gasteiger partial charge in [0.2, 0.25) is 0 Å². The minimum absolute atomic E-state index is 0.155. The number of hydrogen-bond donors (Lipinski definition) is 1. The van der Waals surface area contributed by atoms with Crippen LogP contribution in [-0.4, -0.2) is 36.0 Å². The van der Waals surface area contributed by atoms with E-state index in [-0.39, 0.29) is 5.91 Å². The van der Waals surface area contributed by atoms with Crippen molar-refractivity contribution >= 4 is 16.8 Å². The molecule has 2 heterocycles. The molecule has 0 bridgehead atoms. The Labute approximate surface area is 153 Å². The average molecular weight is 348 g/mol. The maximum Gasteiger partial charge on any atom is 0.254 e. The Morgan fingerprint density at radius 3 is 2.65 bits per heavy atom. The molecule has 3 aromatic rings. The largest absolute Gasteiger partial charge is 0.497 e. The van der Waals surface area contributed by atoms with Gasteiger partial charge >= 0.3 is 0 Å². The van der Waals surface area contributed by atoms with Crippen molar-refractivity contribution < 1.29 is 9.53 Å². The lowest BCUT2D eigenvalue weighted by molar-refractivity contribution is 0.0712. The Kier molecular flexibility index (Phi) is 4.41. The maximum absolute atomic E-state index is 12.8. The summed E-state index contributed by atoms with van der Waals surface area (Å²) in [6, 6.07) is 14.0. The van der Waals surface area contributed by atoms with Crippen molar-refractivity contribution in [1.29, 1.82) is 0 Å². The summed E-state index contributed by atoms with van der Waals surface area (Å²) >= 11 is 0. The summed E-state index contributed by atoms with van der Waals surface area (Å²) in [6.07, 6.45) is 4.09. The van der Waals surface area contributed by atoms with E-state index in [1.165, 1.54) is 10.9 Å². The summed E-state index contributed by atoms with van der Waals surface area (Å²) in [5.74, 6) is 1.50. The Morgan fingerprint density at radius 1 is 1.15 bits per heavy atom. The van der Waals surface area contributed by atoms with Crippen molar-refractivity contribution in [2.45, 2.75) is 25.7 Å². The predicted molar refractivity (Wildman–Crippen MR) is 104 cm³/mol. The monoisotopic (exact) mass is 348 g/mol. The van der Waals surface area contributed by atoms with Crippen LogP contribution in [0.5, 0.6) is 5.75 Å². The van der Waals surface area contributed by atoms with Crippen LogP contribution in [0.1, 0.15) is 40.2 Å². The fraction of sp³-hybridized carbons (Fsp3) is 0.318. The highest BCUT2D eigenvalue weighted by Crippen LogP contribution is 2.35. The van der Waals surface area contributed by atoms with Crippen LogP contribution < -0.4 is 4.74 Å². The molecule has 1 fully saturated rings. The number of aromatic amines is 1. The highest BCUT2D eigenvalue weighted by atomic mass is 16.5. The van der Waals surface area contributed by atoms with Gasteiger partial charge in [-0.05, 0) is 61.1 Å². The minimum Gasteiger partial charge on any atom is -0.497 e. The van der Waals surface area contributed by atoms with Crippen molar-refractivity contribution in [3.8, 4) is 5.75 Å². The van der Waals surface area contributed by atoms with Crippen LogP contribution in [-0.2, 0) is 0 Å². The molecular weight excluding hydrogens is 324 g/mol. The molecule has 1 aliphatic rings. The van der Waals surface area contributed by atoms with Crippen LogP contribution >= 0.6 is 0 Å². The molecule has 0 atom stereocenters. The van der Waals surface area contributed by atoms with Crippen LogP contribution in [0.4, 0.5) is 0 Å². The molecule has 2 aromatic carbocycles.